The molecule has 0 saturated carbocycles. The topological polar surface area (TPSA) is 93.9 Å². The molecule has 108 valence electrons. The summed E-state index contributed by atoms with van der Waals surface area (Å²) in [7, 11) is 1.39. The number of nitro groups is 1. The van der Waals surface area contributed by atoms with E-state index < -0.39 is 4.92 Å². The van der Waals surface area contributed by atoms with Crippen LogP contribution in [0.15, 0.2) is 18.2 Å². The first-order valence-corrected chi connectivity index (χ1v) is 6.08. The second-order valence-corrected chi connectivity index (χ2v) is 4.17. The summed E-state index contributed by atoms with van der Waals surface area (Å²) in [5, 5.41) is 13.4. The SMILES string of the molecule is COc1cc([N+](=O)[O-])ccc1NC(=O)N1CCOCC1. The quantitative estimate of drug-likeness (QED) is 0.668. The number of morpholine rings is 1. The average Bonchev–Trinajstić information content (AvgIpc) is 2.48. The molecule has 1 aromatic carbocycles. The third kappa shape index (κ3) is 3.15. The lowest BCUT2D eigenvalue weighted by Gasteiger charge is -2.27. The Labute approximate surface area is 115 Å². The second-order valence-electron chi connectivity index (χ2n) is 4.17. The zero-order valence-corrected chi connectivity index (χ0v) is 11.0. The zero-order valence-electron chi connectivity index (χ0n) is 11.0. The van der Waals surface area contributed by atoms with Crippen LogP contribution in [-0.2, 0) is 4.74 Å². The van der Waals surface area contributed by atoms with Gasteiger partial charge in [-0.15, -0.1) is 0 Å². The summed E-state index contributed by atoms with van der Waals surface area (Å²) in [6.07, 6.45) is 0. The van der Waals surface area contributed by atoms with E-state index in [1.54, 1.807) is 4.90 Å². The normalized spacial score (nSPS) is 14.8. The highest BCUT2D eigenvalue weighted by Crippen LogP contribution is 2.29. The molecule has 1 saturated heterocycles. The van der Waals surface area contributed by atoms with Crippen LogP contribution in [0.3, 0.4) is 0 Å². The fourth-order valence-electron chi connectivity index (χ4n) is 1.86. The van der Waals surface area contributed by atoms with Crippen molar-refractivity contribution < 1.29 is 19.2 Å². The van der Waals surface area contributed by atoms with Crippen molar-refractivity contribution in [3.05, 3.63) is 28.3 Å². The number of methoxy groups -OCH3 is 1. The number of hydrogen-bond acceptors (Lipinski definition) is 5. The Morgan fingerprint density at radius 2 is 2.15 bits per heavy atom. The first kappa shape index (κ1) is 14.1. The van der Waals surface area contributed by atoms with Gasteiger partial charge in [0.2, 0.25) is 0 Å². The number of rotatable bonds is 3. The number of nitrogens with zero attached hydrogens (tertiary/aromatic N) is 2. The molecule has 0 radical (unpaired) electrons. The average molecular weight is 281 g/mol. The monoisotopic (exact) mass is 281 g/mol. The van der Waals surface area contributed by atoms with Crippen LogP contribution in [-0.4, -0.2) is 49.3 Å². The Bertz CT molecular complexity index is 514. The third-order valence-electron chi connectivity index (χ3n) is 2.94. The molecule has 1 fully saturated rings. The summed E-state index contributed by atoms with van der Waals surface area (Å²) in [6.45, 7) is 2.04. The minimum absolute atomic E-state index is 0.0915. The Morgan fingerprint density at radius 3 is 2.75 bits per heavy atom. The van der Waals surface area contributed by atoms with E-state index in [2.05, 4.69) is 5.32 Å². The van der Waals surface area contributed by atoms with Crippen LogP contribution < -0.4 is 10.1 Å². The summed E-state index contributed by atoms with van der Waals surface area (Å²) in [6, 6.07) is 3.77. The zero-order chi connectivity index (χ0) is 14.5. The molecule has 0 unspecified atom stereocenters. The van der Waals surface area contributed by atoms with Crippen molar-refractivity contribution in [2.45, 2.75) is 0 Å². The number of nitro benzene ring substituents is 1. The van der Waals surface area contributed by atoms with Gasteiger partial charge in [0.05, 0.1) is 37.0 Å². The van der Waals surface area contributed by atoms with Crippen LogP contribution in [0.4, 0.5) is 16.2 Å². The molecule has 20 heavy (non-hydrogen) atoms. The molecule has 1 aliphatic rings. The molecule has 2 rings (SSSR count). The molecule has 1 N–H and O–H groups in total. The summed E-state index contributed by atoms with van der Waals surface area (Å²) in [5.74, 6) is 0.251. The fraction of sp³-hybridized carbons (Fsp3) is 0.417. The van der Waals surface area contributed by atoms with Gasteiger partial charge in [0.25, 0.3) is 5.69 Å². The highest BCUT2D eigenvalue weighted by Gasteiger charge is 2.19. The van der Waals surface area contributed by atoms with Crippen LogP contribution in [0.2, 0.25) is 0 Å². The Kier molecular flexibility index (Phi) is 4.36. The number of carbonyl (C=O) groups excluding carboxylic acids is 1. The van der Waals surface area contributed by atoms with Crippen molar-refractivity contribution in [3.8, 4) is 5.75 Å². The van der Waals surface area contributed by atoms with Gasteiger partial charge in [-0.1, -0.05) is 0 Å². The number of anilines is 1. The number of hydrogen-bond donors (Lipinski definition) is 1. The molecular weight excluding hydrogens is 266 g/mol. The highest BCUT2D eigenvalue weighted by molar-refractivity contribution is 5.91. The maximum Gasteiger partial charge on any atom is 0.322 e. The standard InChI is InChI=1S/C12H15N3O5/c1-19-11-8-9(15(17)18)2-3-10(11)13-12(16)14-4-6-20-7-5-14/h2-3,8H,4-7H2,1H3,(H,13,16). The fourth-order valence-corrected chi connectivity index (χ4v) is 1.86. The summed E-state index contributed by atoms with van der Waals surface area (Å²) < 4.78 is 10.2. The molecule has 2 amide bonds. The van der Waals surface area contributed by atoms with Crippen LogP contribution in [0.5, 0.6) is 5.75 Å². The third-order valence-corrected chi connectivity index (χ3v) is 2.94. The van der Waals surface area contributed by atoms with Gasteiger partial charge in [0.15, 0.2) is 0 Å². The molecule has 0 atom stereocenters. The first-order chi connectivity index (χ1) is 9.61. The van der Waals surface area contributed by atoms with E-state index in [1.807, 2.05) is 0 Å². The number of non-ortho nitro benzene ring substituents is 1. The minimum Gasteiger partial charge on any atom is -0.494 e. The maximum absolute atomic E-state index is 12.0. The lowest BCUT2D eigenvalue weighted by Crippen LogP contribution is -2.43. The molecule has 1 aliphatic heterocycles. The van der Waals surface area contributed by atoms with Gasteiger partial charge in [-0.3, -0.25) is 10.1 Å². The number of ether oxygens (including phenoxy) is 2. The van der Waals surface area contributed by atoms with E-state index in [0.717, 1.165) is 0 Å². The molecule has 1 aromatic rings. The molecule has 1 heterocycles. The van der Waals surface area contributed by atoms with Crippen LogP contribution >= 0.6 is 0 Å². The Balaban J connectivity index is 2.11. The molecule has 0 aliphatic carbocycles. The lowest BCUT2D eigenvalue weighted by atomic mass is 10.2. The number of urea groups is 1. The predicted molar refractivity (Wildman–Crippen MR) is 71.1 cm³/mol. The van der Waals surface area contributed by atoms with Crippen molar-refractivity contribution in [2.24, 2.45) is 0 Å². The number of benzene rings is 1. The van der Waals surface area contributed by atoms with E-state index in [-0.39, 0.29) is 17.5 Å². The van der Waals surface area contributed by atoms with Gasteiger partial charge in [0.1, 0.15) is 5.75 Å². The molecular formula is C12H15N3O5. The largest absolute Gasteiger partial charge is 0.494 e. The van der Waals surface area contributed by atoms with Gasteiger partial charge in [-0.05, 0) is 6.07 Å². The smallest absolute Gasteiger partial charge is 0.322 e. The van der Waals surface area contributed by atoms with Crippen LogP contribution in [0, 0.1) is 10.1 Å². The van der Waals surface area contributed by atoms with E-state index >= 15 is 0 Å². The van der Waals surface area contributed by atoms with E-state index in [4.69, 9.17) is 9.47 Å². The maximum atomic E-state index is 12.0. The van der Waals surface area contributed by atoms with E-state index in [1.165, 1.54) is 25.3 Å². The number of nitrogens with one attached hydrogen (secondary N) is 1. The highest BCUT2D eigenvalue weighted by atomic mass is 16.6. The molecule has 0 bridgehead atoms. The first-order valence-electron chi connectivity index (χ1n) is 6.08. The Morgan fingerprint density at radius 1 is 1.45 bits per heavy atom. The summed E-state index contributed by atoms with van der Waals surface area (Å²) in [5.41, 5.74) is 0.306. The van der Waals surface area contributed by atoms with Crippen molar-refractivity contribution in [1.29, 1.82) is 0 Å². The van der Waals surface area contributed by atoms with Crippen LogP contribution in [0.25, 0.3) is 0 Å². The van der Waals surface area contributed by atoms with Gasteiger partial charge >= 0.3 is 6.03 Å². The number of amides is 2. The van der Waals surface area contributed by atoms with Crippen LogP contribution in [0.1, 0.15) is 0 Å². The Hall–Kier alpha value is -2.35. The van der Waals surface area contributed by atoms with Gasteiger partial charge in [-0.2, -0.15) is 0 Å². The summed E-state index contributed by atoms with van der Waals surface area (Å²) >= 11 is 0. The van der Waals surface area contributed by atoms with E-state index in [9.17, 15) is 14.9 Å². The second kappa shape index (κ2) is 6.20. The van der Waals surface area contributed by atoms with Gasteiger partial charge < -0.3 is 19.7 Å². The molecule has 8 nitrogen and oxygen atoms in total. The van der Waals surface area contributed by atoms with E-state index in [0.29, 0.717) is 32.0 Å². The minimum atomic E-state index is -0.518. The predicted octanol–water partition coefficient (Wildman–Crippen LogP) is 1.47. The molecule has 0 spiro atoms. The van der Waals surface area contributed by atoms with Gasteiger partial charge in [0, 0.05) is 19.2 Å². The van der Waals surface area contributed by atoms with Crippen molar-refractivity contribution in [1.82, 2.24) is 4.90 Å². The summed E-state index contributed by atoms with van der Waals surface area (Å²) in [4.78, 5) is 23.8. The number of carbonyl (C=O) groups is 1. The van der Waals surface area contributed by atoms with Crippen molar-refractivity contribution in [3.63, 3.8) is 0 Å². The molecule has 8 heteroatoms. The lowest BCUT2D eigenvalue weighted by molar-refractivity contribution is -0.384. The van der Waals surface area contributed by atoms with Gasteiger partial charge in [-0.25, -0.2) is 4.79 Å². The molecule has 0 aromatic heterocycles. The van der Waals surface area contributed by atoms with Crippen molar-refractivity contribution >= 4 is 17.4 Å². The van der Waals surface area contributed by atoms with Crippen molar-refractivity contribution in [2.75, 3.05) is 38.7 Å².